The van der Waals surface area contributed by atoms with Crippen LogP contribution in [0.2, 0.25) is 0 Å². The fourth-order valence-corrected chi connectivity index (χ4v) is 0.666. The number of nitrogens with one attached hydrogen (secondary N) is 1. The molecule has 0 amide bonds. The lowest BCUT2D eigenvalue weighted by Gasteiger charge is -2.03. The van der Waals surface area contributed by atoms with Crippen molar-refractivity contribution in [2.75, 3.05) is 6.54 Å². The van der Waals surface area contributed by atoms with Gasteiger partial charge in [0.2, 0.25) is 0 Å². The second-order valence-corrected chi connectivity index (χ2v) is 3.12. The molecule has 0 aliphatic carbocycles. The highest BCUT2D eigenvalue weighted by molar-refractivity contribution is 7.99. The van der Waals surface area contributed by atoms with E-state index in [0.29, 0.717) is 0 Å². The number of thiol groups is 2. The maximum atomic E-state index is 4.02. The van der Waals surface area contributed by atoms with Gasteiger partial charge in [0.1, 0.15) is 0 Å². The van der Waals surface area contributed by atoms with Gasteiger partial charge in [-0.1, -0.05) is 13.3 Å². The lowest BCUT2D eigenvalue weighted by molar-refractivity contribution is 0.688. The summed E-state index contributed by atoms with van der Waals surface area (Å²) in [4.78, 5) is 0. The van der Waals surface area contributed by atoms with Crippen molar-refractivity contribution in [1.29, 1.82) is 0 Å². The van der Waals surface area contributed by atoms with Crippen LogP contribution in [0.3, 0.4) is 0 Å². The summed E-state index contributed by atoms with van der Waals surface area (Å²) in [6.45, 7) is 3.18. The SMILES string of the molecule is CCCCNC(S)S. The quantitative estimate of drug-likeness (QED) is 0.314. The van der Waals surface area contributed by atoms with E-state index < -0.39 is 0 Å². The molecule has 0 bridgehead atoms. The van der Waals surface area contributed by atoms with Crippen molar-refractivity contribution in [1.82, 2.24) is 5.32 Å². The van der Waals surface area contributed by atoms with Gasteiger partial charge in [-0.3, -0.25) is 5.32 Å². The molecule has 0 fully saturated rings. The molecule has 8 heavy (non-hydrogen) atoms. The molecule has 0 unspecified atom stereocenters. The third-order valence-corrected chi connectivity index (χ3v) is 1.22. The number of hydrogen-bond donors (Lipinski definition) is 3. The van der Waals surface area contributed by atoms with Crippen LogP contribution in [0.5, 0.6) is 0 Å². The first-order chi connectivity index (χ1) is 3.77. The van der Waals surface area contributed by atoms with Gasteiger partial charge >= 0.3 is 0 Å². The van der Waals surface area contributed by atoms with Crippen LogP contribution in [0.15, 0.2) is 0 Å². The molecule has 0 aromatic rings. The standard InChI is InChI=1S/C5H13NS2/c1-2-3-4-6-5(7)8/h5-8H,2-4H2,1H3. The zero-order valence-electron chi connectivity index (χ0n) is 5.09. The fraction of sp³-hybridized carbons (Fsp3) is 1.00. The number of hydrogen-bond acceptors (Lipinski definition) is 3. The van der Waals surface area contributed by atoms with E-state index in [9.17, 15) is 0 Å². The molecule has 0 radical (unpaired) electrons. The highest BCUT2D eigenvalue weighted by Crippen LogP contribution is 1.93. The Morgan fingerprint density at radius 3 is 2.50 bits per heavy atom. The summed E-state index contributed by atoms with van der Waals surface area (Å²) in [5.41, 5.74) is 0. The summed E-state index contributed by atoms with van der Waals surface area (Å²) in [6.07, 6.45) is 2.43. The molecule has 0 saturated heterocycles. The molecule has 50 valence electrons. The van der Waals surface area contributed by atoms with Gasteiger partial charge in [-0.05, 0) is 13.0 Å². The maximum absolute atomic E-state index is 4.02. The van der Waals surface area contributed by atoms with Crippen LogP contribution in [-0.4, -0.2) is 11.3 Å². The normalized spacial score (nSPS) is 10.5. The van der Waals surface area contributed by atoms with E-state index in [1.807, 2.05) is 0 Å². The lowest BCUT2D eigenvalue weighted by atomic mass is 10.3. The van der Waals surface area contributed by atoms with Crippen LogP contribution in [0, 0.1) is 0 Å². The molecule has 1 nitrogen and oxygen atoms in total. The van der Waals surface area contributed by atoms with Crippen molar-refractivity contribution < 1.29 is 0 Å². The Hall–Kier alpha value is 0.660. The summed E-state index contributed by atoms with van der Waals surface area (Å²) in [5, 5.41) is 3.07. The summed E-state index contributed by atoms with van der Waals surface area (Å²) >= 11 is 8.05. The van der Waals surface area contributed by atoms with Crippen molar-refractivity contribution >= 4 is 25.3 Å². The average Bonchev–Trinajstić information content (AvgIpc) is 1.66. The molecule has 1 N–H and O–H groups in total. The van der Waals surface area contributed by atoms with Gasteiger partial charge in [0.15, 0.2) is 0 Å². The van der Waals surface area contributed by atoms with Crippen LogP contribution in [0.25, 0.3) is 0 Å². The third-order valence-electron chi connectivity index (χ3n) is 0.857. The zero-order chi connectivity index (χ0) is 6.41. The largest absolute Gasteiger partial charge is 0.297 e. The van der Waals surface area contributed by atoms with Gasteiger partial charge in [0.25, 0.3) is 0 Å². The molecular formula is C5H13NS2. The highest BCUT2D eigenvalue weighted by Gasteiger charge is 1.89. The van der Waals surface area contributed by atoms with Crippen LogP contribution in [0.1, 0.15) is 19.8 Å². The molecule has 0 atom stereocenters. The predicted octanol–water partition coefficient (Wildman–Crippen LogP) is 1.52. The maximum Gasteiger partial charge on any atom is 0.0944 e. The second kappa shape index (κ2) is 5.79. The predicted molar refractivity (Wildman–Crippen MR) is 44.7 cm³/mol. The topological polar surface area (TPSA) is 12.0 Å². The van der Waals surface area contributed by atoms with Gasteiger partial charge in [0, 0.05) is 0 Å². The Morgan fingerprint density at radius 2 is 2.12 bits per heavy atom. The third kappa shape index (κ3) is 6.66. The highest BCUT2D eigenvalue weighted by atomic mass is 32.2. The summed E-state index contributed by atoms with van der Waals surface area (Å²) in [6, 6.07) is 0. The Labute approximate surface area is 62.1 Å². The first kappa shape index (κ1) is 8.66. The Bertz CT molecular complexity index is 47.7. The first-order valence-electron chi connectivity index (χ1n) is 2.87. The minimum Gasteiger partial charge on any atom is -0.297 e. The lowest BCUT2D eigenvalue weighted by Crippen LogP contribution is -2.19. The Kier molecular flexibility index (Phi) is 6.27. The monoisotopic (exact) mass is 151 g/mol. The smallest absolute Gasteiger partial charge is 0.0944 e. The van der Waals surface area contributed by atoms with Gasteiger partial charge in [0.05, 0.1) is 4.71 Å². The Balaban J connectivity index is 2.72. The minimum absolute atomic E-state index is 0.0431. The number of unbranched alkanes of at least 4 members (excludes halogenated alkanes) is 1. The van der Waals surface area contributed by atoms with Crippen LogP contribution in [-0.2, 0) is 0 Å². The van der Waals surface area contributed by atoms with E-state index in [1.54, 1.807) is 0 Å². The van der Waals surface area contributed by atoms with Gasteiger partial charge < -0.3 is 0 Å². The fourth-order valence-electron chi connectivity index (χ4n) is 0.408. The van der Waals surface area contributed by atoms with Gasteiger partial charge in [-0.15, -0.1) is 25.3 Å². The van der Waals surface area contributed by atoms with Crippen molar-refractivity contribution in [3.8, 4) is 0 Å². The molecule has 0 spiro atoms. The molecule has 0 aliphatic rings. The first-order valence-corrected chi connectivity index (χ1v) is 3.90. The molecule has 0 aromatic heterocycles. The van der Waals surface area contributed by atoms with E-state index in [2.05, 4.69) is 37.5 Å². The molecule has 0 aliphatic heterocycles. The summed E-state index contributed by atoms with van der Waals surface area (Å²) in [5.74, 6) is 0. The average molecular weight is 151 g/mol. The molecule has 0 aromatic carbocycles. The molecule has 0 heterocycles. The zero-order valence-corrected chi connectivity index (χ0v) is 6.88. The van der Waals surface area contributed by atoms with E-state index in [0.717, 1.165) is 6.54 Å². The molecule has 0 saturated carbocycles. The van der Waals surface area contributed by atoms with Crippen LogP contribution >= 0.6 is 25.3 Å². The van der Waals surface area contributed by atoms with Crippen LogP contribution in [0.4, 0.5) is 0 Å². The van der Waals surface area contributed by atoms with E-state index in [1.165, 1.54) is 12.8 Å². The van der Waals surface area contributed by atoms with E-state index >= 15 is 0 Å². The minimum atomic E-state index is 0.0431. The van der Waals surface area contributed by atoms with Crippen LogP contribution < -0.4 is 5.32 Å². The van der Waals surface area contributed by atoms with Crippen molar-refractivity contribution in [3.63, 3.8) is 0 Å². The van der Waals surface area contributed by atoms with Gasteiger partial charge in [-0.25, -0.2) is 0 Å². The molecular weight excluding hydrogens is 138 g/mol. The van der Waals surface area contributed by atoms with E-state index in [4.69, 9.17) is 0 Å². The van der Waals surface area contributed by atoms with Crippen molar-refractivity contribution in [2.24, 2.45) is 0 Å². The second-order valence-electron chi connectivity index (χ2n) is 1.68. The molecule has 3 heteroatoms. The molecule has 0 rings (SSSR count). The van der Waals surface area contributed by atoms with Gasteiger partial charge in [-0.2, -0.15) is 0 Å². The summed E-state index contributed by atoms with van der Waals surface area (Å²) in [7, 11) is 0. The van der Waals surface area contributed by atoms with Crippen molar-refractivity contribution in [3.05, 3.63) is 0 Å². The van der Waals surface area contributed by atoms with E-state index in [-0.39, 0.29) is 4.71 Å². The summed E-state index contributed by atoms with van der Waals surface area (Å²) < 4.78 is 0.0431. The van der Waals surface area contributed by atoms with Crippen molar-refractivity contribution in [2.45, 2.75) is 24.5 Å². The number of rotatable bonds is 4. The Morgan fingerprint density at radius 1 is 1.50 bits per heavy atom.